The number of carbonyl (C=O) groups is 1. The second-order valence-corrected chi connectivity index (χ2v) is 7.41. The molecule has 1 aliphatic rings. The summed E-state index contributed by atoms with van der Waals surface area (Å²) in [5.74, 6) is -0.979. The number of aliphatic hydroxyl groups is 1. The minimum Gasteiger partial charge on any atom is -0.405 e. The van der Waals surface area contributed by atoms with Crippen LogP contribution >= 0.6 is 0 Å². The molecule has 0 bridgehead atoms. The number of para-hydroxylation sites is 1. The van der Waals surface area contributed by atoms with E-state index in [9.17, 15) is 27.9 Å². The Bertz CT molecular complexity index is 1190. The maximum atomic E-state index is 12.6. The fraction of sp³-hybridized carbons (Fsp3) is 0.350. The Kier molecular flexibility index (Phi) is 5.89. The number of amides is 1. The highest BCUT2D eigenvalue weighted by atomic mass is 19.4. The maximum Gasteiger partial charge on any atom is 0.573 e. The molecule has 170 valence electrons. The van der Waals surface area contributed by atoms with Crippen molar-refractivity contribution in [2.45, 2.75) is 44.6 Å². The molecule has 9 nitrogen and oxygen atoms in total. The average molecular weight is 451 g/mol. The third kappa shape index (κ3) is 4.92. The monoisotopic (exact) mass is 451 g/mol. The number of benzene rings is 1. The number of nitrogens with zero attached hydrogens (tertiary/aromatic N) is 3. The van der Waals surface area contributed by atoms with E-state index in [4.69, 9.17) is 0 Å². The van der Waals surface area contributed by atoms with Gasteiger partial charge in [-0.05, 0) is 31.0 Å². The van der Waals surface area contributed by atoms with E-state index in [1.807, 2.05) is 0 Å². The number of alkyl halides is 3. The SMILES string of the molecule is O=C(NCc1ccccc1OC(F)(F)F)c1ccc2nn(C[C@H]3CCC(O)N3)c(=O)n2c1. The van der Waals surface area contributed by atoms with E-state index in [2.05, 4.69) is 20.5 Å². The summed E-state index contributed by atoms with van der Waals surface area (Å²) in [6.45, 7) is 0.0715. The van der Waals surface area contributed by atoms with Gasteiger partial charge < -0.3 is 15.2 Å². The normalized spacial score (nSPS) is 18.8. The second-order valence-electron chi connectivity index (χ2n) is 7.41. The van der Waals surface area contributed by atoms with Crippen LogP contribution in [0.4, 0.5) is 13.2 Å². The summed E-state index contributed by atoms with van der Waals surface area (Å²) in [4.78, 5) is 25.2. The Balaban J connectivity index is 1.48. The number of ether oxygens (including phenoxy) is 1. The third-order valence-electron chi connectivity index (χ3n) is 5.09. The molecule has 1 unspecified atom stereocenters. The van der Waals surface area contributed by atoms with E-state index in [0.29, 0.717) is 18.5 Å². The molecule has 3 heterocycles. The lowest BCUT2D eigenvalue weighted by Crippen LogP contribution is -2.35. The molecule has 12 heteroatoms. The standard InChI is InChI=1S/C20H20F3N5O4/c21-20(22,23)32-15-4-2-1-3-12(15)9-24-18(30)13-5-7-16-26-28(19(31)27(16)10-13)11-14-6-8-17(29)25-14/h1-5,7,10,14,17,25,29H,6,8-9,11H2,(H,24,30)/t14-,17?/m1/s1. The first-order valence-electron chi connectivity index (χ1n) is 9.85. The van der Waals surface area contributed by atoms with Crippen LogP contribution in [0, 0.1) is 0 Å². The van der Waals surface area contributed by atoms with Gasteiger partial charge >= 0.3 is 12.1 Å². The minimum atomic E-state index is -4.85. The summed E-state index contributed by atoms with van der Waals surface area (Å²) >= 11 is 0. The van der Waals surface area contributed by atoms with Crippen LogP contribution in [-0.2, 0) is 13.1 Å². The van der Waals surface area contributed by atoms with Gasteiger partial charge in [0.2, 0.25) is 0 Å². The van der Waals surface area contributed by atoms with Gasteiger partial charge in [-0.1, -0.05) is 18.2 Å². The van der Waals surface area contributed by atoms with Gasteiger partial charge in [0, 0.05) is 24.3 Å². The van der Waals surface area contributed by atoms with Crippen LogP contribution in [0.15, 0.2) is 47.4 Å². The van der Waals surface area contributed by atoms with Gasteiger partial charge in [-0.15, -0.1) is 18.3 Å². The second kappa shape index (κ2) is 8.63. The summed E-state index contributed by atoms with van der Waals surface area (Å²) < 4.78 is 44.1. The summed E-state index contributed by atoms with van der Waals surface area (Å²) in [6.07, 6.45) is -2.83. The average Bonchev–Trinajstić information content (AvgIpc) is 3.28. The smallest absolute Gasteiger partial charge is 0.405 e. The van der Waals surface area contributed by atoms with E-state index in [0.717, 1.165) is 6.07 Å². The molecular formula is C20H20F3N5O4. The molecule has 2 aromatic heterocycles. The number of hydrogen-bond acceptors (Lipinski definition) is 6. The number of hydrogen-bond donors (Lipinski definition) is 3. The van der Waals surface area contributed by atoms with Crippen molar-refractivity contribution in [3.63, 3.8) is 0 Å². The van der Waals surface area contributed by atoms with Crippen molar-refractivity contribution in [2.24, 2.45) is 0 Å². The predicted molar refractivity (Wildman–Crippen MR) is 106 cm³/mol. The van der Waals surface area contributed by atoms with E-state index in [1.165, 1.54) is 45.6 Å². The molecule has 1 fully saturated rings. The van der Waals surface area contributed by atoms with Crippen LogP contribution in [0.1, 0.15) is 28.8 Å². The number of nitrogens with one attached hydrogen (secondary N) is 2. The van der Waals surface area contributed by atoms with Crippen molar-refractivity contribution in [3.8, 4) is 5.75 Å². The Morgan fingerprint density at radius 3 is 2.75 bits per heavy atom. The lowest BCUT2D eigenvalue weighted by Gasteiger charge is -2.13. The van der Waals surface area contributed by atoms with Crippen LogP contribution in [0.5, 0.6) is 5.75 Å². The van der Waals surface area contributed by atoms with Crippen molar-refractivity contribution < 1.29 is 27.8 Å². The molecule has 4 rings (SSSR count). The van der Waals surface area contributed by atoms with Crippen LogP contribution < -0.4 is 21.1 Å². The number of rotatable bonds is 6. The predicted octanol–water partition coefficient (Wildman–Crippen LogP) is 1.39. The molecule has 3 N–H and O–H groups in total. The Labute approximate surface area is 179 Å². The van der Waals surface area contributed by atoms with E-state index in [-0.39, 0.29) is 30.3 Å². The van der Waals surface area contributed by atoms with Crippen molar-refractivity contribution >= 4 is 11.6 Å². The molecule has 1 amide bonds. The molecule has 32 heavy (non-hydrogen) atoms. The van der Waals surface area contributed by atoms with Crippen molar-refractivity contribution in [1.29, 1.82) is 0 Å². The largest absolute Gasteiger partial charge is 0.573 e. The Morgan fingerprint density at radius 1 is 1.25 bits per heavy atom. The number of carbonyl (C=O) groups excluding carboxylic acids is 1. The summed E-state index contributed by atoms with van der Waals surface area (Å²) in [6, 6.07) is 8.38. The number of pyridine rings is 1. The molecule has 0 aliphatic carbocycles. The van der Waals surface area contributed by atoms with Crippen LogP contribution in [0.2, 0.25) is 0 Å². The van der Waals surface area contributed by atoms with Crippen molar-refractivity contribution in [1.82, 2.24) is 24.8 Å². The van der Waals surface area contributed by atoms with Crippen LogP contribution in [-0.4, -0.2) is 43.8 Å². The van der Waals surface area contributed by atoms with E-state index in [1.54, 1.807) is 0 Å². The number of aliphatic hydroxyl groups excluding tert-OH is 1. The van der Waals surface area contributed by atoms with Gasteiger partial charge in [0.05, 0.1) is 12.1 Å². The lowest BCUT2D eigenvalue weighted by molar-refractivity contribution is -0.274. The lowest BCUT2D eigenvalue weighted by atomic mass is 10.2. The maximum absolute atomic E-state index is 12.6. The molecule has 1 saturated heterocycles. The number of aromatic nitrogens is 3. The quantitative estimate of drug-likeness (QED) is 0.523. The van der Waals surface area contributed by atoms with Crippen molar-refractivity contribution in [2.75, 3.05) is 0 Å². The molecule has 1 aliphatic heterocycles. The molecule has 2 atom stereocenters. The van der Waals surface area contributed by atoms with Gasteiger partial charge in [-0.3, -0.25) is 10.1 Å². The fourth-order valence-corrected chi connectivity index (χ4v) is 3.57. The number of halogens is 3. The zero-order valence-corrected chi connectivity index (χ0v) is 16.7. The Hall–Kier alpha value is -3.38. The molecular weight excluding hydrogens is 431 g/mol. The number of fused-ring (bicyclic) bond motifs is 1. The first-order chi connectivity index (χ1) is 15.2. The van der Waals surface area contributed by atoms with Gasteiger partial charge in [0.25, 0.3) is 5.91 Å². The molecule has 1 aromatic carbocycles. The zero-order chi connectivity index (χ0) is 22.9. The van der Waals surface area contributed by atoms with Crippen LogP contribution in [0.3, 0.4) is 0 Å². The highest BCUT2D eigenvalue weighted by Gasteiger charge is 2.32. The zero-order valence-electron chi connectivity index (χ0n) is 16.7. The summed E-state index contributed by atoms with van der Waals surface area (Å²) in [5, 5.41) is 19.3. The molecule has 3 aromatic rings. The van der Waals surface area contributed by atoms with Gasteiger partial charge in [-0.25, -0.2) is 13.9 Å². The molecule has 0 radical (unpaired) electrons. The topological polar surface area (TPSA) is 110 Å². The third-order valence-corrected chi connectivity index (χ3v) is 5.09. The first kappa shape index (κ1) is 21.8. The van der Waals surface area contributed by atoms with Gasteiger partial charge in [0.15, 0.2) is 5.65 Å². The van der Waals surface area contributed by atoms with E-state index >= 15 is 0 Å². The minimum absolute atomic E-state index is 0.0885. The van der Waals surface area contributed by atoms with Crippen molar-refractivity contribution in [3.05, 3.63) is 64.2 Å². The molecule has 0 spiro atoms. The molecule has 0 saturated carbocycles. The van der Waals surface area contributed by atoms with Gasteiger partial charge in [-0.2, -0.15) is 0 Å². The summed E-state index contributed by atoms with van der Waals surface area (Å²) in [7, 11) is 0. The van der Waals surface area contributed by atoms with E-state index < -0.39 is 29.9 Å². The van der Waals surface area contributed by atoms with Gasteiger partial charge in [0.1, 0.15) is 12.0 Å². The fourth-order valence-electron chi connectivity index (χ4n) is 3.57. The highest BCUT2D eigenvalue weighted by Crippen LogP contribution is 2.26. The Morgan fingerprint density at radius 2 is 2.03 bits per heavy atom. The summed E-state index contributed by atoms with van der Waals surface area (Å²) in [5.41, 5.74) is 0.189. The first-order valence-corrected chi connectivity index (χ1v) is 9.85. The van der Waals surface area contributed by atoms with Crippen LogP contribution in [0.25, 0.3) is 5.65 Å². The highest BCUT2D eigenvalue weighted by molar-refractivity contribution is 5.94.